The smallest absolute Gasteiger partial charge is 0.0642 e. The van der Waals surface area contributed by atoms with Crippen molar-refractivity contribution in [2.24, 2.45) is 0 Å². The van der Waals surface area contributed by atoms with E-state index < -0.39 is 0 Å². The lowest BCUT2D eigenvalue weighted by atomic mass is 9.96. The van der Waals surface area contributed by atoms with E-state index in [0.29, 0.717) is 6.10 Å². The van der Waals surface area contributed by atoms with Crippen molar-refractivity contribution in [1.29, 1.82) is 0 Å². The van der Waals surface area contributed by atoms with Gasteiger partial charge < -0.3 is 10.1 Å². The van der Waals surface area contributed by atoms with Gasteiger partial charge in [0.05, 0.1) is 12.7 Å². The van der Waals surface area contributed by atoms with Crippen LogP contribution in [0.4, 0.5) is 5.69 Å². The highest BCUT2D eigenvalue weighted by atomic mass is 16.5. The molecule has 1 saturated carbocycles. The van der Waals surface area contributed by atoms with E-state index in [1.54, 1.807) is 0 Å². The van der Waals surface area contributed by atoms with E-state index >= 15 is 0 Å². The summed E-state index contributed by atoms with van der Waals surface area (Å²) in [4.78, 5) is 0. The molecule has 0 aliphatic heterocycles. The van der Waals surface area contributed by atoms with Crippen molar-refractivity contribution >= 4 is 5.69 Å². The zero-order valence-corrected chi connectivity index (χ0v) is 9.33. The lowest BCUT2D eigenvalue weighted by Crippen LogP contribution is -2.24. The third-order valence-electron chi connectivity index (χ3n) is 2.86. The molecular formula is C13H19NO. The van der Waals surface area contributed by atoms with E-state index in [0.717, 1.165) is 13.2 Å². The maximum absolute atomic E-state index is 5.67. The van der Waals surface area contributed by atoms with E-state index in [1.807, 2.05) is 0 Å². The van der Waals surface area contributed by atoms with Crippen molar-refractivity contribution in [1.82, 2.24) is 0 Å². The third-order valence-corrected chi connectivity index (χ3v) is 2.86. The Morgan fingerprint density at radius 1 is 1.40 bits per heavy atom. The van der Waals surface area contributed by atoms with Gasteiger partial charge in [-0.2, -0.15) is 0 Å². The minimum absolute atomic E-state index is 0.546. The molecular weight excluding hydrogens is 186 g/mol. The molecule has 2 nitrogen and oxygen atoms in total. The van der Waals surface area contributed by atoms with Crippen LogP contribution >= 0.6 is 0 Å². The van der Waals surface area contributed by atoms with Gasteiger partial charge in [0.1, 0.15) is 0 Å². The van der Waals surface area contributed by atoms with Gasteiger partial charge in [0, 0.05) is 12.2 Å². The van der Waals surface area contributed by atoms with Crippen LogP contribution in [-0.4, -0.2) is 19.3 Å². The highest BCUT2D eigenvalue weighted by Crippen LogP contribution is 2.21. The first kappa shape index (κ1) is 10.5. The van der Waals surface area contributed by atoms with Gasteiger partial charge in [-0.15, -0.1) is 0 Å². The molecule has 1 aromatic rings. The molecule has 0 saturated heterocycles. The molecule has 0 spiro atoms. The molecule has 1 aromatic carbocycles. The molecule has 1 fully saturated rings. The Morgan fingerprint density at radius 3 is 2.93 bits per heavy atom. The molecule has 0 unspecified atom stereocenters. The van der Waals surface area contributed by atoms with Crippen LogP contribution in [0.15, 0.2) is 24.3 Å². The summed E-state index contributed by atoms with van der Waals surface area (Å²) in [5.74, 6) is 0. The minimum atomic E-state index is 0.546. The maximum atomic E-state index is 5.67. The van der Waals surface area contributed by atoms with Crippen LogP contribution in [0.25, 0.3) is 0 Å². The number of ether oxygens (including phenoxy) is 1. The van der Waals surface area contributed by atoms with Crippen molar-refractivity contribution in [3.63, 3.8) is 0 Å². The zero-order valence-electron chi connectivity index (χ0n) is 9.33. The van der Waals surface area contributed by atoms with Crippen molar-refractivity contribution in [2.75, 3.05) is 18.5 Å². The lowest BCUT2D eigenvalue weighted by Gasteiger charge is -2.25. The molecule has 2 heteroatoms. The summed E-state index contributed by atoms with van der Waals surface area (Å²) in [7, 11) is 0. The number of aryl methyl sites for hydroxylation is 1. The number of benzene rings is 1. The normalized spacial score (nSPS) is 16.1. The fraction of sp³-hybridized carbons (Fsp3) is 0.538. The molecule has 1 N–H and O–H groups in total. The number of rotatable bonds is 5. The average molecular weight is 205 g/mol. The van der Waals surface area contributed by atoms with Gasteiger partial charge in [0.15, 0.2) is 0 Å². The molecule has 1 aliphatic rings. The highest BCUT2D eigenvalue weighted by Gasteiger charge is 2.16. The van der Waals surface area contributed by atoms with Crippen molar-refractivity contribution in [2.45, 2.75) is 32.3 Å². The van der Waals surface area contributed by atoms with Gasteiger partial charge in [0.25, 0.3) is 0 Å². The summed E-state index contributed by atoms with van der Waals surface area (Å²) in [5, 5.41) is 3.36. The van der Waals surface area contributed by atoms with Crippen LogP contribution in [0.3, 0.4) is 0 Å². The number of nitrogens with one attached hydrogen (secondary N) is 1. The Balaban J connectivity index is 1.64. The second kappa shape index (κ2) is 5.17. The largest absolute Gasteiger partial charge is 0.383 e. The molecule has 0 atom stereocenters. The summed E-state index contributed by atoms with van der Waals surface area (Å²) < 4.78 is 5.67. The quantitative estimate of drug-likeness (QED) is 0.746. The first-order chi connectivity index (χ1) is 7.34. The standard InChI is InChI=1S/C13H19NO/c1-11-4-2-5-12(10-11)14-8-9-15-13-6-3-7-13/h2,4-5,10,13-14H,3,6-9H2,1H3. The van der Waals surface area contributed by atoms with Gasteiger partial charge in [-0.05, 0) is 43.9 Å². The monoisotopic (exact) mass is 205 g/mol. The van der Waals surface area contributed by atoms with Crippen LogP contribution in [0.2, 0.25) is 0 Å². The molecule has 0 heterocycles. The molecule has 2 rings (SSSR count). The summed E-state index contributed by atoms with van der Waals surface area (Å²) in [6, 6.07) is 8.43. The zero-order chi connectivity index (χ0) is 10.5. The van der Waals surface area contributed by atoms with Gasteiger partial charge in [-0.1, -0.05) is 12.1 Å². The first-order valence-corrected chi connectivity index (χ1v) is 5.77. The fourth-order valence-corrected chi connectivity index (χ4v) is 1.71. The Bertz CT molecular complexity index is 307. The highest BCUT2D eigenvalue weighted by molar-refractivity contribution is 5.45. The van der Waals surface area contributed by atoms with Gasteiger partial charge >= 0.3 is 0 Å². The van der Waals surface area contributed by atoms with E-state index in [9.17, 15) is 0 Å². The predicted molar refractivity (Wildman–Crippen MR) is 63.3 cm³/mol. The Labute approximate surface area is 91.6 Å². The van der Waals surface area contributed by atoms with Crippen molar-refractivity contribution in [3.05, 3.63) is 29.8 Å². The minimum Gasteiger partial charge on any atom is -0.383 e. The summed E-state index contributed by atoms with van der Waals surface area (Å²) in [6.45, 7) is 3.83. The molecule has 82 valence electrons. The lowest BCUT2D eigenvalue weighted by molar-refractivity contribution is 0.00812. The van der Waals surface area contributed by atoms with Gasteiger partial charge in [0.2, 0.25) is 0 Å². The van der Waals surface area contributed by atoms with Crippen molar-refractivity contribution < 1.29 is 4.74 Å². The second-order valence-electron chi connectivity index (χ2n) is 4.22. The van der Waals surface area contributed by atoms with Crippen LogP contribution < -0.4 is 5.32 Å². The second-order valence-corrected chi connectivity index (χ2v) is 4.22. The molecule has 0 amide bonds. The van der Waals surface area contributed by atoms with Crippen LogP contribution in [0.5, 0.6) is 0 Å². The maximum Gasteiger partial charge on any atom is 0.0642 e. The van der Waals surface area contributed by atoms with E-state index in [4.69, 9.17) is 4.74 Å². The van der Waals surface area contributed by atoms with Crippen LogP contribution in [-0.2, 0) is 4.74 Å². The van der Waals surface area contributed by atoms with E-state index in [2.05, 4.69) is 36.5 Å². The molecule has 0 aromatic heterocycles. The molecule has 0 radical (unpaired) electrons. The summed E-state index contributed by atoms with van der Waals surface area (Å²) in [6.07, 6.45) is 4.40. The SMILES string of the molecule is Cc1cccc(NCCOC2CCC2)c1. The van der Waals surface area contributed by atoms with Crippen LogP contribution in [0, 0.1) is 6.92 Å². The summed E-state index contributed by atoms with van der Waals surface area (Å²) in [5.41, 5.74) is 2.48. The molecule has 0 bridgehead atoms. The van der Waals surface area contributed by atoms with E-state index in [-0.39, 0.29) is 0 Å². The first-order valence-electron chi connectivity index (χ1n) is 5.77. The Kier molecular flexibility index (Phi) is 3.62. The van der Waals surface area contributed by atoms with E-state index in [1.165, 1.54) is 30.5 Å². The third kappa shape index (κ3) is 3.24. The predicted octanol–water partition coefficient (Wildman–Crippen LogP) is 2.98. The Morgan fingerprint density at radius 2 is 2.27 bits per heavy atom. The fourth-order valence-electron chi connectivity index (χ4n) is 1.71. The molecule has 15 heavy (non-hydrogen) atoms. The molecule has 1 aliphatic carbocycles. The van der Waals surface area contributed by atoms with Gasteiger partial charge in [-0.25, -0.2) is 0 Å². The van der Waals surface area contributed by atoms with Crippen LogP contribution in [0.1, 0.15) is 24.8 Å². The van der Waals surface area contributed by atoms with Crippen molar-refractivity contribution in [3.8, 4) is 0 Å². The summed E-state index contributed by atoms with van der Waals surface area (Å²) >= 11 is 0. The van der Waals surface area contributed by atoms with Gasteiger partial charge in [-0.3, -0.25) is 0 Å². The Hall–Kier alpha value is -1.02. The number of hydrogen-bond acceptors (Lipinski definition) is 2. The average Bonchev–Trinajstić information content (AvgIpc) is 2.15. The number of anilines is 1. The topological polar surface area (TPSA) is 21.3 Å². The number of hydrogen-bond donors (Lipinski definition) is 1.